The monoisotopic (exact) mass is 286 g/mol. The second-order valence-corrected chi connectivity index (χ2v) is 4.32. The van der Waals surface area contributed by atoms with E-state index in [1.54, 1.807) is 0 Å². The van der Waals surface area contributed by atoms with E-state index in [0.717, 1.165) is 31.4 Å². The van der Waals surface area contributed by atoms with Crippen LogP contribution in [0, 0.1) is 0 Å². The van der Waals surface area contributed by atoms with Gasteiger partial charge in [-0.05, 0) is 36.0 Å². The Hall–Kier alpha value is -1.31. The van der Waals surface area contributed by atoms with E-state index in [1.165, 1.54) is 0 Å². The zero-order valence-corrected chi connectivity index (χ0v) is 9.74. The lowest BCUT2D eigenvalue weighted by Crippen LogP contribution is -2.32. The largest absolute Gasteiger partial charge is 0.465 e. The fraction of sp³-hybridized carbons (Fsp3) is 0.300. The first kappa shape index (κ1) is 14.7. The van der Waals surface area contributed by atoms with Gasteiger partial charge in [0.1, 0.15) is 0 Å². The minimum Gasteiger partial charge on any atom is -0.465 e. The quantitative estimate of drug-likeness (QED) is 0.481. The molecule has 0 fully saturated rings. The van der Waals surface area contributed by atoms with Gasteiger partial charge in [0.25, 0.3) is 0 Å². The standard InChI is InChI=1S/C10H7F5O2S/c1-17-8(16)6-2-4-7(5-3-6)18-10(14,15)9(11,12)13/h2-5H,1H3. The van der Waals surface area contributed by atoms with Gasteiger partial charge in [-0.25, -0.2) is 4.79 Å². The molecule has 0 saturated carbocycles. The molecule has 0 heterocycles. The van der Waals surface area contributed by atoms with Crippen molar-refractivity contribution in [1.82, 2.24) is 0 Å². The van der Waals surface area contributed by atoms with Crippen LogP contribution in [-0.2, 0) is 4.74 Å². The molecule has 0 aliphatic heterocycles. The summed E-state index contributed by atoms with van der Waals surface area (Å²) >= 11 is -0.630. The first-order chi connectivity index (χ1) is 8.17. The molecule has 0 aromatic heterocycles. The molecule has 0 saturated heterocycles. The smallest absolute Gasteiger partial charge is 0.464 e. The Balaban J connectivity index is 2.85. The third kappa shape index (κ3) is 3.34. The van der Waals surface area contributed by atoms with Gasteiger partial charge in [0.2, 0.25) is 0 Å². The van der Waals surface area contributed by atoms with Crippen molar-refractivity contribution in [3.8, 4) is 0 Å². The van der Waals surface area contributed by atoms with Crippen LogP contribution in [0.5, 0.6) is 0 Å². The molecule has 0 aliphatic rings. The van der Waals surface area contributed by atoms with Crippen LogP contribution < -0.4 is 0 Å². The highest BCUT2D eigenvalue weighted by molar-refractivity contribution is 8.00. The first-order valence-electron chi connectivity index (χ1n) is 4.49. The summed E-state index contributed by atoms with van der Waals surface area (Å²) in [5.74, 6) is -0.700. The van der Waals surface area contributed by atoms with Crippen LogP contribution in [-0.4, -0.2) is 24.5 Å². The summed E-state index contributed by atoms with van der Waals surface area (Å²) in [6, 6.07) is 4.22. The number of thioether (sulfide) groups is 1. The fourth-order valence-electron chi connectivity index (χ4n) is 0.983. The highest BCUT2D eigenvalue weighted by Gasteiger charge is 2.58. The molecule has 1 rings (SSSR count). The topological polar surface area (TPSA) is 26.3 Å². The molecule has 0 unspecified atom stereocenters. The van der Waals surface area contributed by atoms with Gasteiger partial charge in [-0.3, -0.25) is 0 Å². The Bertz CT molecular complexity index is 427. The Morgan fingerprint density at radius 1 is 1.11 bits per heavy atom. The van der Waals surface area contributed by atoms with Crippen molar-refractivity contribution >= 4 is 17.7 Å². The third-order valence-electron chi connectivity index (χ3n) is 1.85. The maximum atomic E-state index is 12.7. The fourth-order valence-corrected chi connectivity index (χ4v) is 1.67. The number of methoxy groups -OCH3 is 1. The molecule has 0 spiro atoms. The highest BCUT2D eigenvalue weighted by Crippen LogP contribution is 2.47. The van der Waals surface area contributed by atoms with Crippen LogP contribution in [0.25, 0.3) is 0 Å². The average molecular weight is 286 g/mol. The van der Waals surface area contributed by atoms with Crippen molar-refractivity contribution in [2.75, 3.05) is 7.11 Å². The number of carbonyl (C=O) groups is 1. The van der Waals surface area contributed by atoms with E-state index in [9.17, 15) is 26.7 Å². The van der Waals surface area contributed by atoms with Gasteiger partial charge in [-0.15, -0.1) is 0 Å². The highest BCUT2D eigenvalue weighted by atomic mass is 32.2. The second-order valence-electron chi connectivity index (χ2n) is 3.13. The molecule has 2 nitrogen and oxygen atoms in total. The normalized spacial score (nSPS) is 12.3. The predicted molar refractivity (Wildman–Crippen MR) is 54.6 cm³/mol. The number of halogens is 5. The second kappa shape index (κ2) is 5.13. The molecule has 0 atom stereocenters. The number of carbonyl (C=O) groups excluding carboxylic acids is 1. The van der Waals surface area contributed by atoms with Crippen molar-refractivity contribution in [2.24, 2.45) is 0 Å². The maximum Gasteiger partial charge on any atom is 0.464 e. The van der Waals surface area contributed by atoms with Crippen LogP contribution in [0.4, 0.5) is 22.0 Å². The number of benzene rings is 1. The molecule has 100 valence electrons. The van der Waals surface area contributed by atoms with Crippen molar-refractivity contribution in [3.63, 3.8) is 0 Å². The minimum atomic E-state index is -5.63. The number of hydrogen-bond acceptors (Lipinski definition) is 3. The molecular formula is C10H7F5O2S. The molecule has 18 heavy (non-hydrogen) atoms. The Labute approximate surface area is 103 Å². The zero-order valence-electron chi connectivity index (χ0n) is 8.92. The van der Waals surface area contributed by atoms with Crippen LogP contribution in [0.15, 0.2) is 29.2 Å². The van der Waals surface area contributed by atoms with Crippen LogP contribution in [0.1, 0.15) is 10.4 Å². The molecule has 0 N–H and O–H groups in total. The number of alkyl halides is 5. The summed E-state index contributed by atoms with van der Waals surface area (Å²) in [5, 5.41) is -4.88. The van der Waals surface area contributed by atoms with E-state index < -0.39 is 29.2 Å². The first-order valence-corrected chi connectivity index (χ1v) is 5.31. The van der Waals surface area contributed by atoms with Crippen LogP contribution in [0.2, 0.25) is 0 Å². The number of hydrogen-bond donors (Lipinski definition) is 0. The molecule has 0 radical (unpaired) electrons. The molecule has 1 aromatic rings. The Kier molecular flexibility index (Phi) is 4.20. The van der Waals surface area contributed by atoms with Crippen molar-refractivity contribution in [1.29, 1.82) is 0 Å². The van der Waals surface area contributed by atoms with E-state index in [2.05, 4.69) is 4.74 Å². The van der Waals surface area contributed by atoms with Crippen LogP contribution >= 0.6 is 11.8 Å². The summed E-state index contributed by atoms with van der Waals surface area (Å²) in [7, 11) is 1.13. The molecule has 0 amide bonds. The molecule has 1 aromatic carbocycles. The molecule has 0 bridgehead atoms. The van der Waals surface area contributed by atoms with Gasteiger partial charge in [-0.1, -0.05) is 0 Å². The van der Waals surface area contributed by atoms with Crippen molar-refractivity contribution in [3.05, 3.63) is 29.8 Å². The van der Waals surface area contributed by atoms with E-state index in [0.29, 0.717) is 0 Å². The van der Waals surface area contributed by atoms with Gasteiger partial charge in [-0.2, -0.15) is 22.0 Å². The van der Waals surface area contributed by atoms with Gasteiger partial charge < -0.3 is 4.74 Å². The lowest BCUT2D eigenvalue weighted by atomic mass is 10.2. The van der Waals surface area contributed by atoms with Crippen LogP contribution in [0.3, 0.4) is 0 Å². The SMILES string of the molecule is COC(=O)c1ccc(SC(F)(F)C(F)(F)F)cc1. The Morgan fingerprint density at radius 3 is 2.00 bits per heavy atom. The third-order valence-corrected chi connectivity index (χ3v) is 2.85. The average Bonchev–Trinajstić information content (AvgIpc) is 2.27. The lowest BCUT2D eigenvalue weighted by Gasteiger charge is -2.18. The zero-order chi connectivity index (χ0) is 14.0. The number of esters is 1. The predicted octanol–water partition coefficient (Wildman–Crippen LogP) is 3.72. The number of ether oxygens (including phenoxy) is 1. The van der Waals surface area contributed by atoms with Gasteiger partial charge in [0.15, 0.2) is 0 Å². The van der Waals surface area contributed by atoms with Gasteiger partial charge in [0.05, 0.1) is 12.7 Å². The van der Waals surface area contributed by atoms with E-state index in [1.807, 2.05) is 0 Å². The van der Waals surface area contributed by atoms with Crippen molar-refractivity contribution in [2.45, 2.75) is 16.3 Å². The minimum absolute atomic E-state index is 0.0668. The summed E-state index contributed by atoms with van der Waals surface area (Å²) in [4.78, 5) is 10.7. The molecule has 0 aliphatic carbocycles. The van der Waals surface area contributed by atoms with Crippen molar-refractivity contribution < 1.29 is 31.5 Å². The summed E-state index contributed by atoms with van der Waals surface area (Å²) < 4.78 is 65.5. The molecule has 8 heteroatoms. The van der Waals surface area contributed by atoms with E-state index in [4.69, 9.17) is 0 Å². The lowest BCUT2D eigenvalue weighted by molar-refractivity contribution is -0.237. The maximum absolute atomic E-state index is 12.7. The summed E-state index contributed by atoms with van der Waals surface area (Å²) in [6.07, 6.45) is -5.63. The van der Waals surface area contributed by atoms with Gasteiger partial charge in [0, 0.05) is 4.90 Å². The Morgan fingerprint density at radius 2 is 1.61 bits per heavy atom. The van der Waals surface area contributed by atoms with E-state index >= 15 is 0 Å². The number of rotatable bonds is 3. The van der Waals surface area contributed by atoms with Gasteiger partial charge >= 0.3 is 17.4 Å². The summed E-state index contributed by atoms with van der Waals surface area (Å²) in [6.45, 7) is 0. The van der Waals surface area contributed by atoms with E-state index in [-0.39, 0.29) is 10.5 Å². The molecular weight excluding hydrogens is 279 g/mol. The summed E-state index contributed by atoms with van der Waals surface area (Å²) in [5.41, 5.74) is 0.0668.